The summed E-state index contributed by atoms with van der Waals surface area (Å²) >= 11 is 1.32. The van der Waals surface area contributed by atoms with E-state index in [9.17, 15) is 14.7 Å². The summed E-state index contributed by atoms with van der Waals surface area (Å²) in [5.74, 6) is -0.243. The maximum Gasteiger partial charge on any atom is 0.301 e. The number of nitrogens with zero attached hydrogens (tertiary/aromatic N) is 2. The van der Waals surface area contributed by atoms with Gasteiger partial charge in [0.15, 0.2) is 16.6 Å². The molecule has 1 N–H and O–H groups in total. The van der Waals surface area contributed by atoms with Crippen LogP contribution >= 0.6 is 11.3 Å². The Kier molecular flexibility index (Phi) is 6.28. The molecule has 39 heavy (non-hydrogen) atoms. The molecule has 1 saturated heterocycles. The second-order valence-electron chi connectivity index (χ2n) is 9.16. The van der Waals surface area contributed by atoms with Gasteiger partial charge in [-0.1, -0.05) is 42.2 Å². The van der Waals surface area contributed by atoms with E-state index in [1.54, 1.807) is 48.5 Å². The number of aliphatic hydroxyl groups is 1. The number of aliphatic hydroxyl groups excluding tert-OH is 1. The van der Waals surface area contributed by atoms with E-state index in [1.165, 1.54) is 16.2 Å². The lowest BCUT2D eigenvalue weighted by atomic mass is 9.95. The number of Topliss-reactive ketones (excluding diaryl/α,β-unsaturated/α-hetero) is 1. The highest BCUT2D eigenvalue weighted by Gasteiger charge is 2.48. The van der Waals surface area contributed by atoms with Crippen molar-refractivity contribution in [3.63, 3.8) is 0 Å². The predicted molar refractivity (Wildman–Crippen MR) is 149 cm³/mol. The molecule has 3 aromatic carbocycles. The van der Waals surface area contributed by atoms with Crippen LogP contribution in [0.3, 0.4) is 0 Å². The van der Waals surface area contributed by atoms with Crippen LogP contribution in [-0.4, -0.2) is 41.6 Å². The van der Waals surface area contributed by atoms with E-state index in [0.29, 0.717) is 53.3 Å². The number of aryl methyl sites for hydroxylation is 1. The summed E-state index contributed by atoms with van der Waals surface area (Å²) in [5.41, 5.74) is 2.71. The van der Waals surface area contributed by atoms with Gasteiger partial charge < -0.3 is 19.3 Å². The molecule has 1 aromatic heterocycles. The molecule has 0 spiro atoms. The summed E-state index contributed by atoms with van der Waals surface area (Å²) in [6.45, 7) is 6.78. The molecule has 1 unspecified atom stereocenters. The van der Waals surface area contributed by atoms with E-state index in [-0.39, 0.29) is 11.3 Å². The lowest BCUT2D eigenvalue weighted by Crippen LogP contribution is -2.29. The number of carbonyl (C=O) groups excluding carboxylic acids is 2. The monoisotopic (exact) mass is 540 g/mol. The Morgan fingerprint density at radius 2 is 1.87 bits per heavy atom. The summed E-state index contributed by atoms with van der Waals surface area (Å²) in [6.07, 6.45) is 1.64. The molecule has 2 aliphatic heterocycles. The highest BCUT2D eigenvalue weighted by atomic mass is 32.1. The van der Waals surface area contributed by atoms with Crippen LogP contribution in [0.5, 0.6) is 17.2 Å². The van der Waals surface area contributed by atoms with Gasteiger partial charge in [-0.25, -0.2) is 4.98 Å². The number of fused-ring (bicyclic) bond motifs is 2. The zero-order valence-electron chi connectivity index (χ0n) is 21.0. The number of carbonyl (C=O) groups is 2. The number of ketones is 1. The van der Waals surface area contributed by atoms with Gasteiger partial charge in [0.25, 0.3) is 5.78 Å². The van der Waals surface area contributed by atoms with Crippen molar-refractivity contribution in [2.75, 3.05) is 24.7 Å². The minimum Gasteiger partial charge on any atom is -0.507 e. The van der Waals surface area contributed by atoms with Gasteiger partial charge in [-0.15, -0.1) is 0 Å². The summed E-state index contributed by atoms with van der Waals surface area (Å²) in [6, 6.07) is 16.9. The van der Waals surface area contributed by atoms with Crippen molar-refractivity contribution in [2.45, 2.75) is 13.0 Å². The van der Waals surface area contributed by atoms with E-state index in [4.69, 9.17) is 14.2 Å². The smallest absolute Gasteiger partial charge is 0.301 e. The lowest BCUT2D eigenvalue weighted by molar-refractivity contribution is -0.132. The number of hydrogen-bond acceptors (Lipinski definition) is 8. The van der Waals surface area contributed by atoms with Crippen LogP contribution in [0.25, 0.3) is 16.0 Å². The summed E-state index contributed by atoms with van der Waals surface area (Å²) in [7, 11) is 0. The zero-order valence-corrected chi connectivity index (χ0v) is 21.9. The third-order valence-electron chi connectivity index (χ3n) is 6.56. The van der Waals surface area contributed by atoms with Crippen LogP contribution in [-0.2, 0) is 9.59 Å². The van der Waals surface area contributed by atoms with Crippen molar-refractivity contribution >= 4 is 44.1 Å². The molecule has 4 aromatic rings. The van der Waals surface area contributed by atoms with Crippen molar-refractivity contribution in [1.82, 2.24) is 4.98 Å². The van der Waals surface area contributed by atoms with Crippen LogP contribution in [0.2, 0.25) is 0 Å². The number of thiazole rings is 1. The second-order valence-corrected chi connectivity index (χ2v) is 10.2. The molecule has 1 fully saturated rings. The van der Waals surface area contributed by atoms with E-state index < -0.39 is 17.7 Å². The first-order chi connectivity index (χ1) is 18.9. The van der Waals surface area contributed by atoms with E-state index in [1.807, 2.05) is 25.1 Å². The number of rotatable bonds is 6. The molecule has 1 amide bonds. The van der Waals surface area contributed by atoms with Gasteiger partial charge in [-0.3, -0.25) is 14.5 Å². The molecule has 6 rings (SSSR count). The van der Waals surface area contributed by atoms with Crippen molar-refractivity contribution in [3.05, 3.63) is 95.6 Å². The van der Waals surface area contributed by atoms with Crippen LogP contribution < -0.4 is 19.1 Å². The third kappa shape index (κ3) is 4.40. The molecular formula is C30H24N2O6S. The van der Waals surface area contributed by atoms with Crippen LogP contribution in [0, 0.1) is 6.92 Å². The van der Waals surface area contributed by atoms with Gasteiger partial charge in [0.1, 0.15) is 31.3 Å². The molecule has 0 bridgehead atoms. The number of benzene rings is 3. The highest BCUT2D eigenvalue weighted by Crippen LogP contribution is 2.45. The van der Waals surface area contributed by atoms with Gasteiger partial charge in [0, 0.05) is 5.56 Å². The average Bonchev–Trinajstić information content (AvgIpc) is 3.48. The summed E-state index contributed by atoms with van der Waals surface area (Å²) in [5, 5.41) is 11.9. The number of amides is 1. The van der Waals surface area contributed by atoms with Crippen LogP contribution in [0.1, 0.15) is 22.7 Å². The quantitative estimate of drug-likeness (QED) is 0.148. The second kappa shape index (κ2) is 9.92. The predicted octanol–water partition coefficient (Wildman–Crippen LogP) is 5.57. The van der Waals surface area contributed by atoms with Gasteiger partial charge in [0.05, 0.1) is 21.8 Å². The third-order valence-corrected chi connectivity index (χ3v) is 7.58. The molecule has 1 atom stereocenters. The van der Waals surface area contributed by atoms with Crippen molar-refractivity contribution in [3.8, 4) is 17.2 Å². The van der Waals surface area contributed by atoms with Crippen molar-refractivity contribution < 1.29 is 28.9 Å². The number of hydrogen-bond donors (Lipinski definition) is 1. The lowest BCUT2D eigenvalue weighted by Gasteiger charge is -2.23. The first kappa shape index (κ1) is 24.7. The fourth-order valence-electron chi connectivity index (χ4n) is 4.72. The molecule has 9 heteroatoms. The van der Waals surface area contributed by atoms with E-state index in [0.717, 1.165) is 15.8 Å². The Morgan fingerprint density at radius 3 is 2.64 bits per heavy atom. The Balaban J connectivity index is 1.50. The Hall–Kier alpha value is -4.63. The molecule has 196 valence electrons. The minimum absolute atomic E-state index is 0.0353. The topological polar surface area (TPSA) is 98.2 Å². The van der Waals surface area contributed by atoms with Gasteiger partial charge in [-0.05, 0) is 60.5 Å². The number of ether oxygens (including phenoxy) is 3. The molecule has 0 radical (unpaired) electrons. The zero-order chi connectivity index (χ0) is 27.1. The first-order valence-electron chi connectivity index (χ1n) is 12.4. The standard InChI is InChI=1S/C30H24N2O6S/c1-3-12-36-20-8-5-18(6-9-20)26-25(27(33)19-7-11-22-23(16-19)38-14-13-37-22)28(34)29(35)32(26)30-31-21-10-4-17(2)15-24(21)39-30/h3-11,15-16,26,33H,1,12-14H2,2H3/b27-25+. The number of anilines is 1. The fourth-order valence-corrected chi connectivity index (χ4v) is 5.81. The van der Waals surface area contributed by atoms with Crippen LogP contribution in [0.15, 0.2) is 78.9 Å². The summed E-state index contributed by atoms with van der Waals surface area (Å²) < 4.78 is 17.8. The van der Waals surface area contributed by atoms with Gasteiger partial charge in [0.2, 0.25) is 0 Å². The molecule has 3 heterocycles. The maximum atomic E-state index is 13.5. The number of aromatic nitrogens is 1. The molecule has 8 nitrogen and oxygen atoms in total. The van der Waals surface area contributed by atoms with Crippen molar-refractivity contribution in [2.24, 2.45) is 0 Å². The molecule has 0 saturated carbocycles. The Labute approximate surface area is 228 Å². The largest absolute Gasteiger partial charge is 0.507 e. The van der Waals surface area contributed by atoms with Crippen LogP contribution in [0.4, 0.5) is 5.13 Å². The summed E-state index contributed by atoms with van der Waals surface area (Å²) in [4.78, 5) is 33.1. The van der Waals surface area contributed by atoms with E-state index >= 15 is 0 Å². The highest BCUT2D eigenvalue weighted by molar-refractivity contribution is 7.22. The minimum atomic E-state index is -0.909. The normalized spacial score (nSPS) is 18.0. The molecular weight excluding hydrogens is 516 g/mol. The van der Waals surface area contributed by atoms with Gasteiger partial charge >= 0.3 is 5.91 Å². The SMILES string of the molecule is C=CCOc1ccc(C2/C(=C(\O)c3ccc4c(c3)OCCO4)C(=O)C(=O)N2c2nc3ccc(C)cc3s2)cc1. The molecule has 0 aliphatic carbocycles. The van der Waals surface area contributed by atoms with E-state index in [2.05, 4.69) is 11.6 Å². The first-order valence-corrected chi connectivity index (χ1v) is 13.2. The van der Waals surface area contributed by atoms with Crippen molar-refractivity contribution in [1.29, 1.82) is 0 Å². The fraction of sp³-hybridized carbons (Fsp3) is 0.167. The maximum absolute atomic E-state index is 13.5. The Morgan fingerprint density at radius 1 is 1.10 bits per heavy atom. The Bertz CT molecular complexity index is 1660. The average molecular weight is 541 g/mol. The molecule has 2 aliphatic rings. The van der Waals surface area contributed by atoms with Gasteiger partial charge in [-0.2, -0.15) is 0 Å².